The molecule has 4 aliphatic carbocycles. The van der Waals surface area contributed by atoms with Gasteiger partial charge in [0.25, 0.3) is 0 Å². The number of benzene rings is 1. The van der Waals surface area contributed by atoms with Crippen LogP contribution < -0.4 is 4.74 Å². The van der Waals surface area contributed by atoms with Crippen LogP contribution in [0.1, 0.15) is 133 Å². The Bertz CT molecular complexity index is 1400. The molecule has 5 aliphatic rings. The van der Waals surface area contributed by atoms with Crippen LogP contribution >= 0.6 is 0 Å². The van der Waals surface area contributed by atoms with Gasteiger partial charge in [0.1, 0.15) is 29.8 Å². The maximum absolute atomic E-state index is 12.7. The zero-order chi connectivity index (χ0) is 37.9. The number of phenols is 1. The maximum atomic E-state index is 12.7. The van der Waals surface area contributed by atoms with Gasteiger partial charge in [-0.2, -0.15) is 0 Å². The Morgan fingerprint density at radius 1 is 0.784 bits per heavy atom. The third kappa shape index (κ3) is 8.93. The minimum Gasteiger partial charge on any atom is -0.508 e. The maximum Gasteiger partial charge on any atom is 0.316 e. The fourth-order valence-corrected chi connectivity index (χ4v) is 8.68. The van der Waals surface area contributed by atoms with E-state index in [1.54, 1.807) is 12.1 Å². The number of phenolic OH excluding ortho intramolecular Hbond substituents is 1. The first-order valence-electron chi connectivity index (χ1n) is 19.4. The summed E-state index contributed by atoms with van der Waals surface area (Å²) in [6, 6.07) is 6.11. The van der Waals surface area contributed by atoms with Gasteiger partial charge in [0, 0.05) is 5.92 Å². The summed E-state index contributed by atoms with van der Waals surface area (Å²) in [4.78, 5) is 46.7. The Kier molecular flexibility index (Phi) is 12.7. The predicted molar refractivity (Wildman–Crippen MR) is 195 cm³/mol. The SMILES string of the molecule is CCC(C)(C)C(=O)OC1(CC)CC2CC1C1C3CCC(C3)C21.CCC(C)(C)C(=O)OC1COC(=O)C1.CCC(C)(C)C(=O)Oc1ccc(O)cc1. The van der Waals surface area contributed by atoms with Crippen molar-refractivity contribution in [1.29, 1.82) is 0 Å². The van der Waals surface area contributed by atoms with Crippen molar-refractivity contribution in [3.05, 3.63) is 24.3 Å². The highest BCUT2D eigenvalue weighted by molar-refractivity contribution is 5.78. The molecule has 1 aromatic rings. The van der Waals surface area contributed by atoms with E-state index in [0.29, 0.717) is 18.1 Å². The molecule has 1 N–H and O–H groups in total. The fraction of sp³-hybridized carbons (Fsp3) is 0.762. The Balaban J connectivity index is 0.000000179. The van der Waals surface area contributed by atoms with Crippen LogP contribution in [0, 0.1) is 51.8 Å². The number of esters is 4. The summed E-state index contributed by atoms with van der Waals surface area (Å²) in [6.07, 6.45) is 10.0. The van der Waals surface area contributed by atoms with Crippen LogP contribution in [0.15, 0.2) is 24.3 Å². The number of cyclic esters (lactones) is 1. The summed E-state index contributed by atoms with van der Waals surface area (Å²) in [5.41, 5.74) is -1.42. The zero-order valence-electron chi connectivity index (χ0n) is 32.8. The highest BCUT2D eigenvalue weighted by Crippen LogP contribution is 2.71. The van der Waals surface area contributed by atoms with Crippen LogP contribution in [-0.4, -0.2) is 47.3 Å². The molecule has 1 aliphatic heterocycles. The molecule has 9 heteroatoms. The van der Waals surface area contributed by atoms with Crippen LogP contribution in [0.2, 0.25) is 0 Å². The Morgan fingerprint density at radius 3 is 1.86 bits per heavy atom. The van der Waals surface area contributed by atoms with Gasteiger partial charge in [-0.1, -0.05) is 27.7 Å². The third-order valence-electron chi connectivity index (χ3n) is 13.2. The lowest BCUT2D eigenvalue weighted by Gasteiger charge is -2.46. The molecule has 6 rings (SSSR count). The largest absolute Gasteiger partial charge is 0.508 e. The van der Waals surface area contributed by atoms with E-state index in [0.717, 1.165) is 55.3 Å². The summed E-state index contributed by atoms with van der Waals surface area (Å²) >= 11 is 0. The van der Waals surface area contributed by atoms with Crippen molar-refractivity contribution in [2.45, 2.75) is 145 Å². The minimum absolute atomic E-state index is 0.0455. The Labute approximate surface area is 305 Å². The smallest absolute Gasteiger partial charge is 0.316 e. The summed E-state index contributed by atoms with van der Waals surface area (Å²) in [7, 11) is 0. The molecule has 1 heterocycles. The molecule has 4 saturated carbocycles. The van der Waals surface area contributed by atoms with Crippen LogP contribution in [0.3, 0.4) is 0 Å². The van der Waals surface area contributed by atoms with Crippen molar-refractivity contribution in [2.75, 3.05) is 6.61 Å². The summed E-state index contributed by atoms with van der Waals surface area (Å²) in [5.74, 6) is 5.21. The van der Waals surface area contributed by atoms with Crippen LogP contribution in [-0.2, 0) is 33.4 Å². The average molecular weight is 713 g/mol. The topological polar surface area (TPSA) is 125 Å². The predicted octanol–water partition coefficient (Wildman–Crippen LogP) is 8.83. The lowest BCUT2D eigenvalue weighted by atomic mass is 9.65. The first-order valence-corrected chi connectivity index (χ1v) is 19.4. The van der Waals surface area contributed by atoms with Crippen molar-refractivity contribution in [2.24, 2.45) is 51.8 Å². The van der Waals surface area contributed by atoms with E-state index in [4.69, 9.17) is 24.1 Å². The molecule has 0 radical (unpaired) electrons. The van der Waals surface area contributed by atoms with Crippen molar-refractivity contribution < 1.29 is 43.2 Å². The molecule has 5 fully saturated rings. The van der Waals surface area contributed by atoms with Gasteiger partial charge in [0.05, 0.1) is 22.7 Å². The van der Waals surface area contributed by atoms with Gasteiger partial charge < -0.3 is 24.1 Å². The highest BCUT2D eigenvalue weighted by Gasteiger charge is 2.68. The average Bonchev–Trinajstić information content (AvgIpc) is 3.94. The molecule has 8 unspecified atom stereocenters. The van der Waals surface area contributed by atoms with E-state index in [1.165, 1.54) is 37.8 Å². The number of hydrogen-bond acceptors (Lipinski definition) is 9. The molecule has 1 saturated heterocycles. The Morgan fingerprint density at radius 2 is 1.33 bits per heavy atom. The molecule has 9 nitrogen and oxygen atoms in total. The first-order chi connectivity index (χ1) is 23.8. The lowest BCUT2D eigenvalue weighted by Crippen LogP contribution is -2.49. The monoisotopic (exact) mass is 712 g/mol. The second-order valence-electron chi connectivity index (χ2n) is 17.6. The quantitative estimate of drug-likeness (QED) is 0.110. The number of ether oxygens (including phenoxy) is 4. The highest BCUT2D eigenvalue weighted by atomic mass is 16.6. The summed E-state index contributed by atoms with van der Waals surface area (Å²) < 4.78 is 21.3. The van der Waals surface area contributed by atoms with Crippen molar-refractivity contribution in [3.8, 4) is 11.5 Å². The molecular formula is C42H64O9. The van der Waals surface area contributed by atoms with E-state index in [-0.39, 0.29) is 59.8 Å². The number of rotatable bonds is 10. The molecule has 4 bridgehead atoms. The number of aromatic hydroxyl groups is 1. The van der Waals surface area contributed by atoms with Crippen molar-refractivity contribution in [3.63, 3.8) is 0 Å². The van der Waals surface area contributed by atoms with E-state index in [2.05, 4.69) is 13.8 Å². The normalized spacial score (nSPS) is 30.3. The summed E-state index contributed by atoms with van der Waals surface area (Å²) in [6.45, 7) is 19.8. The van der Waals surface area contributed by atoms with Gasteiger partial charge in [-0.25, -0.2) is 0 Å². The van der Waals surface area contributed by atoms with Gasteiger partial charge in [0.15, 0.2) is 0 Å². The molecule has 0 spiro atoms. The molecule has 8 atom stereocenters. The second-order valence-corrected chi connectivity index (χ2v) is 17.6. The van der Waals surface area contributed by atoms with Gasteiger partial charge in [-0.15, -0.1) is 0 Å². The standard InChI is InChI=1S/C20H32O2.C12H16O3.C10H16O4/c1-5-19(3,4)18(21)22-20(6-2)11-14-10-15(20)17-13-8-7-12(9-13)16(14)17;1-4-12(2,3)11(14)15-10-7-5-9(13)6-8-10;1-4-10(2,3)9(12)14-7-5-8(11)13-6-7/h12-17H,5-11H2,1-4H3;5-8,13H,4H2,1-3H3;7H,4-6H2,1-3H3. The van der Waals surface area contributed by atoms with E-state index < -0.39 is 10.8 Å². The van der Waals surface area contributed by atoms with Gasteiger partial charge >= 0.3 is 23.9 Å². The number of carbonyl (C=O) groups is 4. The molecule has 1 aromatic carbocycles. The van der Waals surface area contributed by atoms with Crippen molar-refractivity contribution >= 4 is 23.9 Å². The number of carbonyl (C=O) groups excluding carboxylic acids is 4. The van der Waals surface area contributed by atoms with Crippen LogP contribution in [0.4, 0.5) is 0 Å². The fourth-order valence-electron chi connectivity index (χ4n) is 8.68. The first kappa shape index (κ1) is 40.7. The van der Waals surface area contributed by atoms with Crippen LogP contribution in [0.5, 0.6) is 11.5 Å². The van der Waals surface area contributed by atoms with E-state index in [1.807, 2.05) is 55.4 Å². The zero-order valence-corrected chi connectivity index (χ0v) is 32.8. The minimum atomic E-state index is -0.481. The molecule has 286 valence electrons. The lowest BCUT2D eigenvalue weighted by molar-refractivity contribution is -0.183. The van der Waals surface area contributed by atoms with Gasteiger partial charge in [-0.3, -0.25) is 19.2 Å². The molecule has 0 aromatic heterocycles. The molecule has 51 heavy (non-hydrogen) atoms. The molecular weight excluding hydrogens is 648 g/mol. The van der Waals surface area contributed by atoms with Crippen LogP contribution in [0.25, 0.3) is 0 Å². The Hall–Kier alpha value is -3.10. The second kappa shape index (κ2) is 15.9. The van der Waals surface area contributed by atoms with E-state index in [9.17, 15) is 19.2 Å². The van der Waals surface area contributed by atoms with Crippen molar-refractivity contribution in [1.82, 2.24) is 0 Å². The third-order valence-corrected chi connectivity index (χ3v) is 13.2. The van der Waals surface area contributed by atoms with Gasteiger partial charge in [0.2, 0.25) is 0 Å². The number of fused-ring (bicyclic) bond motifs is 9. The molecule has 0 amide bonds. The van der Waals surface area contributed by atoms with Gasteiger partial charge in [-0.05, 0) is 153 Å². The number of hydrogen-bond donors (Lipinski definition) is 1. The van der Waals surface area contributed by atoms with E-state index >= 15 is 0 Å². The summed E-state index contributed by atoms with van der Waals surface area (Å²) in [5, 5.41) is 9.06.